The number of nitrogens with zero attached hydrogens (tertiary/aromatic N) is 1. The molecule has 0 bridgehead atoms. The number of hydrogen-bond acceptors (Lipinski definition) is 6. The highest BCUT2D eigenvalue weighted by Gasteiger charge is 2.27. The number of nitrogens with one attached hydrogen (secondary N) is 1. The number of H-pyrrole nitrogens is 1. The molecule has 190 valence electrons. The van der Waals surface area contributed by atoms with Crippen LogP contribution in [-0.2, 0) is 17.6 Å². The van der Waals surface area contributed by atoms with Crippen LogP contribution in [0.3, 0.4) is 0 Å². The molecule has 1 aromatic heterocycles. The van der Waals surface area contributed by atoms with Gasteiger partial charge in [0, 0.05) is 24.2 Å². The maximum atomic E-state index is 13.2. The molecule has 2 N–H and O–H groups in total. The van der Waals surface area contributed by atoms with Gasteiger partial charge in [-0.1, -0.05) is 49.7 Å². The van der Waals surface area contributed by atoms with Crippen LogP contribution in [0.5, 0.6) is 17.2 Å². The number of methoxy groups -OCH3 is 2. The first-order valence-corrected chi connectivity index (χ1v) is 12.0. The molecule has 3 aromatic rings. The van der Waals surface area contributed by atoms with E-state index < -0.39 is 5.56 Å². The van der Waals surface area contributed by atoms with E-state index in [0.717, 1.165) is 18.4 Å². The highest BCUT2D eigenvalue weighted by molar-refractivity contribution is 6.30. The number of benzene rings is 2. The lowest BCUT2D eigenvalue weighted by atomic mass is 9.95. The van der Waals surface area contributed by atoms with E-state index in [1.165, 1.54) is 21.3 Å². The summed E-state index contributed by atoms with van der Waals surface area (Å²) in [6.45, 7) is 6.02. The molecule has 0 aliphatic rings. The Morgan fingerprint density at radius 1 is 1.11 bits per heavy atom. The summed E-state index contributed by atoms with van der Waals surface area (Å²) in [6.07, 6.45) is 2.60. The summed E-state index contributed by atoms with van der Waals surface area (Å²) < 4.78 is 17.1. The Morgan fingerprint density at radius 2 is 1.78 bits per heavy atom. The highest BCUT2D eigenvalue weighted by Crippen LogP contribution is 2.44. The number of allylic oxidation sites excluding steroid dienone is 1. The van der Waals surface area contributed by atoms with Gasteiger partial charge in [0.05, 0.1) is 25.3 Å². The fraction of sp³-hybridized carbons (Fsp3) is 0.286. The summed E-state index contributed by atoms with van der Waals surface area (Å²) in [5.41, 5.74) is 1.75. The minimum Gasteiger partial charge on any atom is -0.506 e. The Kier molecular flexibility index (Phi) is 9.19. The minimum absolute atomic E-state index is 0.0575. The molecule has 1 heterocycles. The number of pyridine rings is 1. The summed E-state index contributed by atoms with van der Waals surface area (Å²) in [4.78, 5) is 20.3. The van der Waals surface area contributed by atoms with Crippen molar-refractivity contribution >= 4 is 17.5 Å². The van der Waals surface area contributed by atoms with Crippen molar-refractivity contribution in [3.05, 3.63) is 87.0 Å². The Hall–Kier alpha value is -3.71. The Labute approximate surface area is 216 Å². The van der Waals surface area contributed by atoms with E-state index >= 15 is 0 Å². The lowest BCUT2D eigenvalue weighted by molar-refractivity contribution is 0.394. The fourth-order valence-electron chi connectivity index (χ4n) is 4.00. The van der Waals surface area contributed by atoms with Gasteiger partial charge in [0.1, 0.15) is 28.6 Å². The third-order valence-corrected chi connectivity index (χ3v) is 5.91. The molecular formula is C28H31ClN2O5. The van der Waals surface area contributed by atoms with Crippen molar-refractivity contribution in [2.45, 2.75) is 32.6 Å². The van der Waals surface area contributed by atoms with Gasteiger partial charge in [0.2, 0.25) is 5.90 Å². The van der Waals surface area contributed by atoms with E-state index in [2.05, 4.69) is 23.5 Å². The van der Waals surface area contributed by atoms with E-state index in [-0.39, 0.29) is 17.2 Å². The zero-order chi connectivity index (χ0) is 26.2. The Morgan fingerprint density at radius 3 is 2.36 bits per heavy atom. The van der Waals surface area contributed by atoms with Crippen LogP contribution in [0, 0.1) is 0 Å². The number of unbranched alkanes of at least 4 members (excludes halogenated alkanes) is 1. The molecule has 3 rings (SSSR count). The first-order valence-electron chi connectivity index (χ1n) is 11.6. The number of aromatic nitrogens is 1. The summed E-state index contributed by atoms with van der Waals surface area (Å²) in [6, 6.07) is 12.6. The van der Waals surface area contributed by atoms with Crippen LogP contribution in [0.1, 0.15) is 36.6 Å². The van der Waals surface area contributed by atoms with Gasteiger partial charge in [0.25, 0.3) is 5.56 Å². The highest BCUT2D eigenvalue weighted by atomic mass is 35.5. The molecule has 0 radical (unpaired) electrons. The van der Waals surface area contributed by atoms with Gasteiger partial charge in [-0.15, -0.1) is 0 Å². The van der Waals surface area contributed by atoms with E-state index in [4.69, 9.17) is 25.8 Å². The molecule has 0 atom stereocenters. The van der Waals surface area contributed by atoms with Gasteiger partial charge >= 0.3 is 0 Å². The zero-order valence-corrected chi connectivity index (χ0v) is 21.7. The zero-order valence-electron chi connectivity index (χ0n) is 21.0. The van der Waals surface area contributed by atoms with Crippen molar-refractivity contribution in [3.63, 3.8) is 0 Å². The molecule has 8 heteroatoms. The number of rotatable bonds is 10. The number of halogens is 1. The van der Waals surface area contributed by atoms with E-state index in [1.807, 2.05) is 12.1 Å². The SMILES string of the molecule is C=C(Cc1cccc(Cl)c1)OC(=NC)c1c(O)c(-c2c(OC)cccc2OC)c(CCCC)[nH]c1=O. The van der Waals surface area contributed by atoms with Crippen LogP contribution in [0.4, 0.5) is 0 Å². The molecular weight excluding hydrogens is 480 g/mol. The molecule has 0 aliphatic heterocycles. The molecule has 0 spiro atoms. The number of aryl methyl sites for hydroxylation is 1. The van der Waals surface area contributed by atoms with Crippen molar-refractivity contribution in [3.8, 4) is 28.4 Å². The van der Waals surface area contributed by atoms with Gasteiger partial charge in [-0.2, -0.15) is 0 Å². The lowest BCUT2D eigenvalue weighted by Crippen LogP contribution is -2.23. The Balaban J connectivity index is 2.13. The predicted molar refractivity (Wildman–Crippen MR) is 144 cm³/mol. The van der Waals surface area contributed by atoms with Crippen molar-refractivity contribution in [1.29, 1.82) is 0 Å². The molecule has 0 aliphatic carbocycles. The molecule has 0 fully saturated rings. The number of aliphatic imine (C=N–C) groups is 1. The second kappa shape index (κ2) is 12.3. The first kappa shape index (κ1) is 26.9. The molecule has 0 saturated carbocycles. The summed E-state index contributed by atoms with van der Waals surface area (Å²) in [7, 11) is 4.56. The normalized spacial score (nSPS) is 11.3. The van der Waals surface area contributed by atoms with Crippen LogP contribution in [0.15, 0.2) is 64.6 Å². The molecule has 36 heavy (non-hydrogen) atoms. The van der Waals surface area contributed by atoms with Gasteiger partial charge in [0.15, 0.2) is 0 Å². The van der Waals surface area contributed by atoms with Crippen LogP contribution in [0.25, 0.3) is 11.1 Å². The van der Waals surface area contributed by atoms with Gasteiger partial charge in [-0.3, -0.25) is 9.79 Å². The summed E-state index contributed by atoms with van der Waals surface area (Å²) >= 11 is 6.08. The standard InChI is InChI=1S/C28H31ClN2O5/c1-6-7-12-20-23(24-21(34-4)13-9-14-22(24)35-5)26(32)25(27(33)31-20)28(30-3)36-17(2)15-18-10-8-11-19(29)16-18/h8-11,13-14,16H,2,6-7,12,15H2,1,3-5H3,(H2,31,32,33). The number of aromatic amines is 1. The van der Waals surface area contributed by atoms with E-state index in [0.29, 0.717) is 51.9 Å². The minimum atomic E-state index is -0.521. The topological polar surface area (TPSA) is 93.1 Å². The number of ether oxygens (including phenoxy) is 3. The van der Waals surface area contributed by atoms with E-state index in [1.54, 1.807) is 30.3 Å². The van der Waals surface area contributed by atoms with E-state index in [9.17, 15) is 9.90 Å². The van der Waals surface area contributed by atoms with Crippen molar-refractivity contribution in [2.75, 3.05) is 21.3 Å². The van der Waals surface area contributed by atoms with Crippen molar-refractivity contribution in [1.82, 2.24) is 4.98 Å². The number of hydrogen-bond donors (Lipinski definition) is 2. The third-order valence-electron chi connectivity index (χ3n) is 5.67. The lowest BCUT2D eigenvalue weighted by Gasteiger charge is -2.20. The van der Waals surface area contributed by atoms with Crippen LogP contribution in [-0.4, -0.2) is 37.3 Å². The number of aromatic hydroxyl groups is 1. The van der Waals surface area contributed by atoms with Gasteiger partial charge in [-0.25, -0.2) is 0 Å². The largest absolute Gasteiger partial charge is 0.506 e. The molecule has 2 aromatic carbocycles. The fourth-order valence-corrected chi connectivity index (χ4v) is 4.21. The average Bonchev–Trinajstić information content (AvgIpc) is 2.86. The van der Waals surface area contributed by atoms with Crippen molar-refractivity contribution in [2.24, 2.45) is 4.99 Å². The third kappa shape index (κ3) is 5.91. The monoisotopic (exact) mass is 510 g/mol. The summed E-state index contributed by atoms with van der Waals surface area (Å²) in [5, 5.41) is 12.1. The molecule has 0 unspecified atom stereocenters. The second-order valence-corrected chi connectivity index (χ2v) is 8.59. The summed E-state index contributed by atoms with van der Waals surface area (Å²) in [5.74, 6) is 0.980. The van der Waals surface area contributed by atoms with Crippen LogP contribution < -0.4 is 15.0 Å². The molecule has 0 amide bonds. The van der Waals surface area contributed by atoms with Crippen LogP contribution in [0.2, 0.25) is 5.02 Å². The van der Waals surface area contributed by atoms with Crippen LogP contribution >= 0.6 is 11.6 Å². The predicted octanol–water partition coefficient (Wildman–Crippen LogP) is 5.91. The van der Waals surface area contributed by atoms with Gasteiger partial charge in [-0.05, 0) is 42.7 Å². The maximum Gasteiger partial charge on any atom is 0.264 e. The molecule has 7 nitrogen and oxygen atoms in total. The van der Waals surface area contributed by atoms with Gasteiger partial charge < -0.3 is 24.3 Å². The van der Waals surface area contributed by atoms with Crippen molar-refractivity contribution < 1.29 is 19.3 Å². The quantitative estimate of drug-likeness (QED) is 0.201. The molecule has 0 saturated heterocycles. The first-order chi connectivity index (χ1) is 17.3. The second-order valence-electron chi connectivity index (χ2n) is 8.15. The smallest absolute Gasteiger partial charge is 0.264 e. The maximum absolute atomic E-state index is 13.2. The Bertz CT molecular complexity index is 1310. The average molecular weight is 511 g/mol.